The number of anilines is 2. The van der Waals surface area contributed by atoms with E-state index in [4.69, 9.17) is 0 Å². The van der Waals surface area contributed by atoms with Crippen LogP contribution in [0.25, 0.3) is 0 Å². The first-order chi connectivity index (χ1) is 13.7. The second-order valence-electron chi connectivity index (χ2n) is 6.44. The number of amides is 1. The van der Waals surface area contributed by atoms with Crippen molar-refractivity contribution in [2.45, 2.75) is 24.7 Å². The number of aromatic nitrogens is 2. The molecule has 11 heteroatoms. The van der Waals surface area contributed by atoms with Crippen molar-refractivity contribution in [2.75, 3.05) is 10.6 Å². The van der Waals surface area contributed by atoms with Crippen molar-refractivity contribution in [2.24, 2.45) is 0 Å². The summed E-state index contributed by atoms with van der Waals surface area (Å²) in [5.74, 6) is -2.80. The van der Waals surface area contributed by atoms with E-state index in [-0.39, 0.29) is 23.5 Å². The van der Waals surface area contributed by atoms with Gasteiger partial charge in [0.2, 0.25) is 0 Å². The number of fused-ring (bicyclic) bond motifs is 1. The Bertz CT molecular complexity index is 1050. The maximum Gasteiger partial charge on any atom is 0.410 e. The van der Waals surface area contributed by atoms with Crippen molar-refractivity contribution >= 4 is 28.7 Å². The molecule has 2 aromatic heterocycles. The number of carbonyl (C=O) groups excluding carboxylic acids is 1. The smallest absolute Gasteiger partial charge is 0.362 e. The number of benzene rings is 1. The Balaban J connectivity index is 1.69. The molecule has 29 heavy (non-hydrogen) atoms. The molecule has 0 radical (unpaired) electrons. The van der Waals surface area contributed by atoms with Gasteiger partial charge >= 0.3 is 6.18 Å². The number of thiophene rings is 1. The number of hydrogen-bond acceptors (Lipinski definition) is 4. The Morgan fingerprint density at radius 3 is 2.72 bits per heavy atom. The lowest BCUT2D eigenvalue weighted by Crippen LogP contribution is -2.36. The van der Waals surface area contributed by atoms with Crippen LogP contribution in [0.1, 0.15) is 33.7 Å². The highest BCUT2D eigenvalue weighted by molar-refractivity contribution is 7.10. The summed E-state index contributed by atoms with van der Waals surface area (Å²) in [7, 11) is 0. The van der Waals surface area contributed by atoms with E-state index >= 15 is 0 Å². The summed E-state index contributed by atoms with van der Waals surface area (Å²) >= 11 is 1.29. The van der Waals surface area contributed by atoms with Gasteiger partial charge in [-0.05, 0) is 23.6 Å². The number of halogens is 5. The predicted octanol–water partition coefficient (Wildman–Crippen LogP) is 5.14. The minimum atomic E-state index is -4.57. The summed E-state index contributed by atoms with van der Waals surface area (Å²) in [6.07, 6.45) is -3.86. The Kier molecular flexibility index (Phi) is 4.77. The Labute approximate surface area is 165 Å². The van der Waals surface area contributed by atoms with Crippen LogP contribution >= 0.6 is 11.3 Å². The molecule has 0 aliphatic carbocycles. The van der Waals surface area contributed by atoms with Crippen LogP contribution in [0.5, 0.6) is 0 Å². The van der Waals surface area contributed by atoms with Crippen molar-refractivity contribution in [1.82, 2.24) is 9.78 Å². The normalized spacial score (nSPS) is 18.8. The van der Waals surface area contributed by atoms with Crippen LogP contribution < -0.4 is 10.6 Å². The summed E-state index contributed by atoms with van der Waals surface area (Å²) in [6.45, 7) is 0. The summed E-state index contributed by atoms with van der Waals surface area (Å²) in [4.78, 5) is 13.3. The zero-order valence-electron chi connectivity index (χ0n) is 14.5. The van der Waals surface area contributed by atoms with Gasteiger partial charge in [0.15, 0.2) is 6.04 Å². The molecule has 0 bridgehead atoms. The van der Waals surface area contributed by atoms with Crippen LogP contribution in [-0.2, 0) is 0 Å². The van der Waals surface area contributed by atoms with Crippen LogP contribution in [0, 0.1) is 11.6 Å². The molecular formula is C18H13F5N4OS. The standard InChI is InChI=1S/C18H13F5N4OS/c19-9-3-4-12(11(20)6-9)26-17(28)10-8-24-27-15(18(21,22)23)7-13(25-16(10)27)14-2-1-5-29-14/h1-6,8,13,15,25H,7H2,(H,26,28)/t13-,15-/m0/s1. The first-order valence-corrected chi connectivity index (χ1v) is 9.32. The van der Waals surface area contributed by atoms with E-state index in [0.717, 1.165) is 23.0 Å². The third kappa shape index (κ3) is 3.69. The molecule has 0 spiro atoms. The zero-order valence-corrected chi connectivity index (χ0v) is 15.3. The van der Waals surface area contributed by atoms with E-state index in [2.05, 4.69) is 15.7 Å². The largest absolute Gasteiger partial charge is 0.410 e. The maximum atomic E-state index is 13.8. The average Bonchev–Trinajstić information content (AvgIpc) is 3.31. The molecule has 0 fully saturated rings. The second-order valence-corrected chi connectivity index (χ2v) is 7.41. The van der Waals surface area contributed by atoms with E-state index in [0.29, 0.717) is 10.9 Å². The molecule has 3 heterocycles. The van der Waals surface area contributed by atoms with E-state index in [1.807, 2.05) is 0 Å². The van der Waals surface area contributed by atoms with Crippen LogP contribution in [0.2, 0.25) is 0 Å². The van der Waals surface area contributed by atoms with Gasteiger partial charge in [-0.25, -0.2) is 13.5 Å². The molecule has 2 N–H and O–H groups in total. The van der Waals surface area contributed by atoms with Crippen LogP contribution in [0.3, 0.4) is 0 Å². The average molecular weight is 428 g/mol. The Morgan fingerprint density at radius 1 is 1.28 bits per heavy atom. The van der Waals surface area contributed by atoms with Crippen LogP contribution in [0.15, 0.2) is 41.9 Å². The summed E-state index contributed by atoms with van der Waals surface area (Å²) in [5, 5.41) is 10.7. The molecule has 1 amide bonds. The Hall–Kier alpha value is -2.95. The monoisotopic (exact) mass is 428 g/mol. The topological polar surface area (TPSA) is 59.0 Å². The highest BCUT2D eigenvalue weighted by Gasteiger charge is 2.47. The van der Waals surface area contributed by atoms with Crippen molar-refractivity contribution in [3.63, 3.8) is 0 Å². The molecule has 0 saturated carbocycles. The van der Waals surface area contributed by atoms with Gasteiger partial charge in [-0.15, -0.1) is 11.3 Å². The van der Waals surface area contributed by atoms with Gasteiger partial charge in [-0.2, -0.15) is 18.3 Å². The number of hydrogen-bond donors (Lipinski definition) is 2. The van der Waals surface area contributed by atoms with E-state index in [1.165, 1.54) is 11.3 Å². The minimum absolute atomic E-state index is 0.114. The molecule has 3 aromatic rings. The fraction of sp³-hybridized carbons (Fsp3) is 0.222. The number of nitrogens with one attached hydrogen (secondary N) is 2. The highest BCUT2D eigenvalue weighted by atomic mass is 32.1. The summed E-state index contributed by atoms with van der Waals surface area (Å²) in [6, 6.07) is 3.41. The number of nitrogens with zero attached hydrogens (tertiary/aromatic N) is 2. The SMILES string of the molecule is O=C(Nc1ccc(F)cc1F)c1cnn2c1N[C@H](c1cccs1)C[C@H]2C(F)(F)F. The predicted molar refractivity (Wildman–Crippen MR) is 96.9 cm³/mol. The third-order valence-electron chi connectivity index (χ3n) is 4.55. The highest BCUT2D eigenvalue weighted by Crippen LogP contribution is 2.45. The second kappa shape index (κ2) is 7.14. The fourth-order valence-corrected chi connectivity index (χ4v) is 3.98. The van der Waals surface area contributed by atoms with Gasteiger partial charge in [0.25, 0.3) is 5.91 Å². The van der Waals surface area contributed by atoms with Gasteiger partial charge in [-0.3, -0.25) is 4.79 Å². The molecule has 152 valence electrons. The van der Waals surface area contributed by atoms with Crippen molar-refractivity contribution < 1.29 is 26.7 Å². The van der Waals surface area contributed by atoms with E-state index in [1.54, 1.807) is 17.5 Å². The lowest BCUT2D eigenvalue weighted by atomic mass is 10.0. The number of rotatable bonds is 3. The van der Waals surface area contributed by atoms with Crippen LogP contribution in [0.4, 0.5) is 33.5 Å². The quantitative estimate of drug-likeness (QED) is 0.569. The summed E-state index contributed by atoms with van der Waals surface area (Å²) in [5.41, 5.74) is -0.474. The van der Waals surface area contributed by atoms with E-state index in [9.17, 15) is 26.7 Å². The first kappa shape index (κ1) is 19.4. The van der Waals surface area contributed by atoms with E-state index < -0.39 is 35.8 Å². The molecule has 0 saturated heterocycles. The maximum absolute atomic E-state index is 13.8. The molecule has 1 aromatic carbocycles. The van der Waals surface area contributed by atoms with Crippen molar-refractivity contribution in [3.8, 4) is 0 Å². The lowest BCUT2D eigenvalue weighted by molar-refractivity contribution is -0.173. The lowest BCUT2D eigenvalue weighted by Gasteiger charge is -2.33. The molecule has 1 aliphatic heterocycles. The molecule has 4 rings (SSSR count). The Morgan fingerprint density at radius 2 is 2.07 bits per heavy atom. The number of alkyl halides is 3. The van der Waals surface area contributed by atoms with Gasteiger partial charge in [-0.1, -0.05) is 6.07 Å². The fourth-order valence-electron chi connectivity index (χ4n) is 3.19. The molecule has 1 aliphatic rings. The zero-order chi connectivity index (χ0) is 20.8. The van der Waals surface area contributed by atoms with Gasteiger partial charge in [0, 0.05) is 17.4 Å². The minimum Gasteiger partial charge on any atom is -0.362 e. The first-order valence-electron chi connectivity index (χ1n) is 8.44. The van der Waals surface area contributed by atoms with Gasteiger partial charge in [0.05, 0.1) is 17.9 Å². The molecule has 0 unspecified atom stereocenters. The third-order valence-corrected chi connectivity index (χ3v) is 5.53. The van der Waals surface area contributed by atoms with Crippen LogP contribution in [-0.4, -0.2) is 21.9 Å². The molecular weight excluding hydrogens is 415 g/mol. The van der Waals surface area contributed by atoms with Crippen molar-refractivity contribution in [1.29, 1.82) is 0 Å². The molecule has 2 atom stereocenters. The van der Waals surface area contributed by atoms with Gasteiger partial charge in [0.1, 0.15) is 23.0 Å². The van der Waals surface area contributed by atoms with Gasteiger partial charge < -0.3 is 10.6 Å². The number of carbonyl (C=O) groups is 1. The summed E-state index contributed by atoms with van der Waals surface area (Å²) < 4.78 is 68.4. The molecule has 5 nitrogen and oxygen atoms in total. The van der Waals surface area contributed by atoms with Crippen molar-refractivity contribution in [3.05, 3.63) is 64.0 Å².